The number of alkyl halides is 3. The summed E-state index contributed by atoms with van der Waals surface area (Å²) in [5.41, 5.74) is -0.318. The van der Waals surface area contributed by atoms with Crippen molar-refractivity contribution in [3.05, 3.63) is 71.8 Å². The van der Waals surface area contributed by atoms with Gasteiger partial charge in [-0.1, -0.05) is 30.8 Å². The Balaban J connectivity index is 1.94. The van der Waals surface area contributed by atoms with Gasteiger partial charge in [-0.05, 0) is 29.8 Å². The lowest BCUT2D eigenvalue weighted by molar-refractivity contribution is -0.0686. The molecule has 1 aliphatic heterocycles. The Kier molecular flexibility index (Phi) is 3.32. The predicted molar refractivity (Wildman–Crippen MR) is 79.1 cm³/mol. The molecule has 2 aromatic rings. The Morgan fingerprint density at radius 3 is 1.78 bits per heavy atom. The van der Waals surface area contributed by atoms with Crippen LogP contribution in [0.5, 0.6) is 0 Å². The lowest BCUT2D eigenvalue weighted by Gasteiger charge is -2.15. The number of benzene rings is 2. The summed E-state index contributed by atoms with van der Waals surface area (Å²) in [5.74, 6) is -0.985. The van der Waals surface area contributed by atoms with Crippen LogP contribution in [0.15, 0.2) is 55.1 Å². The summed E-state index contributed by atoms with van der Waals surface area (Å²) in [5, 5.41) is 0. The smallest absolute Gasteiger partial charge is 0.268 e. The number of carbonyl (C=O) groups excluding carboxylic acids is 2. The summed E-state index contributed by atoms with van der Waals surface area (Å²) in [7, 11) is 0. The maximum absolute atomic E-state index is 12.6. The first-order valence-corrected chi connectivity index (χ1v) is 6.65. The van der Waals surface area contributed by atoms with Crippen LogP contribution in [0.3, 0.4) is 0 Å². The van der Waals surface area contributed by atoms with Crippen LogP contribution in [0.2, 0.25) is 0 Å². The van der Waals surface area contributed by atoms with Crippen LogP contribution >= 0.6 is 0 Å². The van der Waals surface area contributed by atoms with E-state index in [0.717, 1.165) is 4.90 Å². The van der Waals surface area contributed by atoms with E-state index in [1.54, 1.807) is 12.1 Å². The zero-order valence-electron chi connectivity index (χ0n) is 11.7. The molecular weight excluding hydrogens is 307 g/mol. The first kappa shape index (κ1) is 15.0. The number of halogens is 3. The third-order valence-corrected chi connectivity index (χ3v) is 3.61. The second-order valence-electron chi connectivity index (χ2n) is 5.01. The molecule has 0 unspecified atom stereocenters. The van der Waals surface area contributed by atoms with Crippen molar-refractivity contribution < 1.29 is 22.8 Å². The standard InChI is InChI=1S/C17H10F3NO2/c1-10(17(18,19)20)11-6-8-12(9-7-11)21-15(22)13-4-2-3-5-14(13)16(21)23/h2-9H,1H2. The molecule has 2 aromatic carbocycles. The number of nitrogens with zero attached hydrogens (tertiary/aromatic N) is 1. The SMILES string of the molecule is C=C(c1ccc(N2C(=O)c3ccccc3C2=O)cc1)C(F)(F)F. The molecule has 0 fully saturated rings. The van der Waals surface area contributed by atoms with Crippen LogP contribution < -0.4 is 4.90 Å². The van der Waals surface area contributed by atoms with Gasteiger partial charge in [0.25, 0.3) is 11.8 Å². The van der Waals surface area contributed by atoms with Gasteiger partial charge < -0.3 is 0 Å². The number of imide groups is 1. The Bertz CT molecular complexity index is 787. The molecule has 1 heterocycles. The largest absolute Gasteiger partial charge is 0.416 e. The first-order chi connectivity index (χ1) is 10.8. The van der Waals surface area contributed by atoms with E-state index in [2.05, 4.69) is 6.58 Å². The van der Waals surface area contributed by atoms with Gasteiger partial charge >= 0.3 is 6.18 Å². The molecule has 0 spiro atoms. The van der Waals surface area contributed by atoms with E-state index in [9.17, 15) is 22.8 Å². The van der Waals surface area contributed by atoms with E-state index in [0.29, 0.717) is 0 Å². The van der Waals surface area contributed by atoms with Gasteiger partial charge in [-0.2, -0.15) is 13.2 Å². The number of anilines is 1. The van der Waals surface area contributed by atoms with E-state index >= 15 is 0 Å². The molecule has 3 nitrogen and oxygen atoms in total. The molecular formula is C17H10F3NO2. The maximum atomic E-state index is 12.6. The van der Waals surface area contributed by atoms with Crippen molar-refractivity contribution in [1.82, 2.24) is 0 Å². The summed E-state index contributed by atoms with van der Waals surface area (Å²) in [6, 6.07) is 11.3. The third-order valence-electron chi connectivity index (χ3n) is 3.61. The van der Waals surface area contributed by atoms with Gasteiger partial charge in [0.15, 0.2) is 0 Å². The zero-order valence-corrected chi connectivity index (χ0v) is 11.7. The molecule has 0 aromatic heterocycles. The van der Waals surface area contributed by atoms with Crippen LogP contribution in [0.25, 0.3) is 5.57 Å². The van der Waals surface area contributed by atoms with Gasteiger partial charge in [-0.3, -0.25) is 9.59 Å². The lowest BCUT2D eigenvalue weighted by Crippen LogP contribution is -2.29. The highest BCUT2D eigenvalue weighted by atomic mass is 19.4. The predicted octanol–water partition coefficient (Wildman–Crippen LogP) is 4.06. The quantitative estimate of drug-likeness (QED) is 0.783. The van der Waals surface area contributed by atoms with Gasteiger partial charge in [0.2, 0.25) is 0 Å². The molecule has 0 saturated heterocycles. The van der Waals surface area contributed by atoms with Gasteiger partial charge in [0.1, 0.15) is 0 Å². The van der Waals surface area contributed by atoms with Gasteiger partial charge in [0.05, 0.1) is 22.4 Å². The number of carbonyl (C=O) groups is 2. The third kappa shape index (κ3) is 2.42. The minimum atomic E-state index is -4.53. The first-order valence-electron chi connectivity index (χ1n) is 6.65. The molecule has 3 rings (SSSR count). The molecule has 2 amide bonds. The Hall–Kier alpha value is -2.89. The van der Waals surface area contributed by atoms with E-state index in [1.807, 2.05) is 0 Å². The second kappa shape index (κ2) is 5.08. The van der Waals surface area contributed by atoms with Crippen LogP contribution in [0, 0.1) is 0 Å². The molecule has 0 radical (unpaired) electrons. The van der Waals surface area contributed by atoms with Crippen molar-refractivity contribution in [3.8, 4) is 0 Å². The summed E-state index contributed by atoms with van der Waals surface area (Å²) < 4.78 is 37.9. The molecule has 23 heavy (non-hydrogen) atoms. The fourth-order valence-electron chi connectivity index (χ4n) is 2.40. The minimum Gasteiger partial charge on any atom is -0.268 e. The minimum absolute atomic E-state index is 0.113. The number of hydrogen-bond acceptors (Lipinski definition) is 2. The van der Waals surface area contributed by atoms with E-state index in [1.165, 1.54) is 36.4 Å². The van der Waals surface area contributed by atoms with Crippen molar-refractivity contribution in [3.63, 3.8) is 0 Å². The van der Waals surface area contributed by atoms with E-state index < -0.39 is 23.6 Å². The van der Waals surface area contributed by atoms with Crippen LogP contribution in [-0.4, -0.2) is 18.0 Å². The van der Waals surface area contributed by atoms with Crippen LogP contribution in [-0.2, 0) is 0 Å². The van der Waals surface area contributed by atoms with Crippen molar-refractivity contribution in [1.29, 1.82) is 0 Å². The van der Waals surface area contributed by atoms with Crippen LogP contribution in [0.1, 0.15) is 26.3 Å². The van der Waals surface area contributed by atoms with Crippen LogP contribution in [0.4, 0.5) is 18.9 Å². The molecule has 0 N–H and O–H groups in total. The highest BCUT2D eigenvalue weighted by molar-refractivity contribution is 6.34. The van der Waals surface area contributed by atoms with Crippen molar-refractivity contribution >= 4 is 23.1 Å². The van der Waals surface area contributed by atoms with Gasteiger partial charge in [-0.25, -0.2) is 4.90 Å². The summed E-state index contributed by atoms with van der Waals surface area (Å²) >= 11 is 0. The van der Waals surface area contributed by atoms with E-state index in [-0.39, 0.29) is 22.4 Å². The molecule has 0 aliphatic carbocycles. The number of rotatable bonds is 2. The molecule has 0 saturated carbocycles. The average molecular weight is 317 g/mol. The summed E-state index contributed by atoms with van der Waals surface area (Å²) in [6.07, 6.45) is -4.53. The fourth-order valence-corrected chi connectivity index (χ4v) is 2.40. The van der Waals surface area contributed by atoms with Gasteiger partial charge in [0, 0.05) is 0 Å². The lowest BCUT2D eigenvalue weighted by atomic mass is 10.1. The summed E-state index contributed by atoms with van der Waals surface area (Å²) in [4.78, 5) is 25.5. The average Bonchev–Trinajstić information content (AvgIpc) is 2.78. The zero-order chi connectivity index (χ0) is 16.8. The molecule has 0 atom stereocenters. The molecule has 0 bridgehead atoms. The highest BCUT2D eigenvalue weighted by Crippen LogP contribution is 2.34. The normalized spacial score (nSPS) is 14.1. The Morgan fingerprint density at radius 2 is 1.35 bits per heavy atom. The number of hydrogen-bond donors (Lipinski definition) is 0. The number of amides is 2. The van der Waals surface area contributed by atoms with Crippen molar-refractivity contribution in [2.24, 2.45) is 0 Å². The fraction of sp³-hybridized carbons (Fsp3) is 0.0588. The van der Waals surface area contributed by atoms with Gasteiger partial charge in [-0.15, -0.1) is 0 Å². The highest BCUT2D eigenvalue weighted by Gasteiger charge is 2.37. The molecule has 116 valence electrons. The summed E-state index contributed by atoms with van der Waals surface area (Å²) in [6.45, 7) is 3.01. The monoisotopic (exact) mass is 317 g/mol. The van der Waals surface area contributed by atoms with Crippen molar-refractivity contribution in [2.45, 2.75) is 6.18 Å². The molecule has 6 heteroatoms. The topological polar surface area (TPSA) is 37.4 Å². The Labute approximate surface area is 129 Å². The Morgan fingerprint density at radius 1 is 0.870 bits per heavy atom. The van der Waals surface area contributed by atoms with E-state index in [4.69, 9.17) is 0 Å². The number of fused-ring (bicyclic) bond motifs is 1. The number of allylic oxidation sites excluding steroid dienone is 1. The van der Waals surface area contributed by atoms with Crippen molar-refractivity contribution in [2.75, 3.05) is 4.90 Å². The second-order valence-corrected chi connectivity index (χ2v) is 5.01. The maximum Gasteiger partial charge on any atom is 0.416 e. The molecule has 1 aliphatic rings.